The summed E-state index contributed by atoms with van der Waals surface area (Å²) in [5, 5.41) is 25.7. The molecule has 1 heterocycles. The lowest BCUT2D eigenvalue weighted by molar-refractivity contribution is -0.141. The number of phenolic OH excluding ortho intramolecular Hbond substituents is 1. The number of carboxylic acid groups (broad SMARTS) is 1. The molecule has 0 fully saturated rings. The number of benzene rings is 1. The van der Waals surface area contributed by atoms with Gasteiger partial charge in [-0.3, -0.25) is 19.2 Å². The van der Waals surface area contributed by atoms with Gasteiger partial charge in [0, 0.05) is 24.7 Å². The van der Waals surface area contributed by atoms with Crippen LogP contribution in [0.15, 0.2) is 36.8 Å². The van der Waals surface area contributed by atoms with Gasteiger partial charge in [-0.15, -0.1) is 0 Å². The predicted molar refractivity (Wildman–Crippen MR) is 125 cm³/mol. The topological polar surface area (TPSA) is 243 Å². The molecule has 4 amide bonds. The van der Waals surface area contributed by atoms with Crippen molar-refractivity contribution in [2.45, 2.75) is 43.8 Å². The van der Waals surface area contributed by atoms with E-state index in [1.54, 1.807) is 12.1 Å². The Morgan fingerprint density at radius 2 is 1.69 bits per heavy atom. The zero-order valence-corrected chi connectivity index (χ0v) is 19.3. The molecule has 1 aromatic carbocycles. The minimum atomic E-state index is -1.28. The van der Waals surface area contributed by atoms with Crippen LogP contribution in [0.4, 0.5) is 0 Å². The third kappa shape index (κ3) is 9.42. The van der Waals surface area contributed by atoms with Gasteiger partial charge in [0.25, 0.3) is 0 Å². The van der Waals surface area contributed by atoms with Crippen molar-refractivity contribution in [1.29, 1.82) is 0 Å². The second-order valence-electron chi connectivity index (χ2n) is 8.00. The van der Waals surface area contributed by atoms with Crippen molar-refractivity contribution in [3.8, 4) is 5.75 Å². The average Bonchev–Trinajstić information content (AvgIpc) is 3.34. The number of primary amides is 1. The van der Waals surface area contributed by atoms with Gasteiger partial charge in [0.15, 0.2) is 0 Å². The maximum atomic E-state index is 12.6. The van der Waals surface area contributed by atoms with Crippen LogP contribution in [0.1, 0.15) is 24.1 Å². The highest BCUT2D eigenvalue weighted by atomic mass is 16.4. The fourth-order valence-electron chi connectivity index (χ4n) is 3.17. The lowest BCUT2D eigenvalue weighted by atomic mass is 10.0. The summed E-state index contributed by atoms with van der Waals surface area (Å²) in [6, 6.07) is 2.54. The Hall–Kier alpha value is -4.46. The van der Waals surface area contributed by atoms with E-state index in [0.717, 1.165) is 0 Å². The molecule has 0 aliphatic carbocycles. The molecule has 0 bridgehead atoms. The number of aromatic hydroxyl groups is 1. The number of aromatic amines is 1. The molecule has 194 valence electrons. The summed E-state index contributed by atoms with van der Waals surface area (Å²) in [5.74, 6) is -4.16. The van der Waals surface area contributed by atoms with Gasteiger partial charge in [0.1, 0.15) is 17.8 Å². The number of phenols is 1. The zero-order chi connectivity index (χ0) is 26.7. The molecule has 3 unspecified atom stereocenters. The third-order valence-corrected chi connectivity index (χ3v) is 5.08. The summed E-state index contributed by atoms with van der Waals surface area (Å²) in [5.41, 5.74) is 12.2. The molecule has 2 rings (SSSR count). The van der Waals surface area contributed by atoms with Crippen molar-refractivity contribution in [2.24, 2.45) is 11.5 Å². The molecule has 0 spiro atoms. The van der Waals surface area contributed by atoms with Crippen molar-refractivity contribution in [1.82, 2.24) is 25.9 Å². The second kappa shape index (κ2) is 13.4. The number of nitrogens with two attached hydrogens (primary N) is 2. The molecule has 0 aliphatic rings. The number of imidazole rings is 1. The molecule has 0 aliphatic heterocycles. The van der Waals surface area contributed by atoms with Crippen LogP contribution in [0, 0.1) is 0 Å². The summed E-state index contributed by atoms with van der Waals surface area (Å²) in [6.45, 7) is -0.575. The Bertz CT molecular complexity index is 1060. The molecular formula is C22H29N7O7. The Morgan fingerprint density at radius 1 is 1.00 bits per heavy atom. The van der Waals surface area contributed by atoms with E-state index < -0.39 is 54.3 Å². The molecule has 2 aromatic rings. The lowest BCUT2D eigenvalue weighted by Gasteiger charge is -2.21. The largest absolute Gasteiger partial charge is 0.508 e. The average molecular weight is 504 g/mol. The van der Waals surface area contributed by atoms with Crippen molar-refractivity contribution in [2.75, 3.05) is 6.54 Å². The van der Waals surface area contributed by atoms with E-state index in [0.29, 0.717) is 11.3 Å². The van der Waals surface area contributed by atoms with Crippen LogP contribution in [0.3, 0.4) is 0 Å². The predicted octanol–water partition coefficient (Wildman–Crippen LogP) is -2.34. The van der Waals surface area contributed by atoms with Gasteiger partial charge in [-0.2, -0.15) is 0 Å². The second-order valence-corrected chi connectivity index (χ2v) is 8.00. The van der Waals surface area contributed by atoms with Crippen LogP contribution in [0.2, 0.25) is 0 Å². The third-order valence-electron chi connectivity index (χ3n) is 5.08. The normalized spacial score (nSPS) is 13.1. The Labute approximate surface area is 205 Å². The van der Waals surface area contributed by atoms with E-state index in [1.165, 1.54) is 24.7 Å². The molecule has 36 heavy (non-hydrogen) atoms. The number of hydrogen-bond acceptors (Lipinski definition) is 8. The number of carboxylic acids is 1. The molecule has 14 heteroatoms. The van der Waals surface area contributed by atoms with E-state index >= 15 is 0 Å². The van der Waals surface area contributed by atoms with Crippen LogP contribution in [-0.2, 0) is 36.8 Å². The summed E-state index contributed by atoms with van der Waals surface area (Å²) < 4.78 is 0. The zero-order valence-electron chi connectivity index (χ0n) is 19.3. The van der Waals surface area contributed by atoms with Crippen molar-refractivity contribution < 1.29 is 34.2 Å². The number of amides is 4. The Balaban J connectivity index is 1.93. The van der Waals surface area contributed by atoms with Crippen LogP contribution >= 0.6 is 0 Å². The van der Waals surface area contributed by atoms with E-state index in [9.17, 15) is 34.2 Å². The fraction of sp³-hybridized carbons (Fsp3) is 0.364. The first kappa shape index (κ1) is 27.8. The first-order valence-electron chi connectivity index (χ1n) is 10.9. The van der Waals surface area contributed by atoms with E-state index in [1.807, 2.05) is 0 Å². The van der Waals surface area contributed by atoms with E-state index in [4.69, 9.17) is 11.5 Å². The molecule has 1 aromatic heterocycles. The van der Waals surface area contributed by atoms with Crippen LogP contribution in [0.5, 0.6) is 5.75 Å². The molecule has 3 atom stereocenters. The van der Waals surface area contributed by atoms with Gasteiger partial charge < -0.3 is 42.6 Å². The molecule has 0 radical (unpaired) electrons. The van der Waals surface area contributed by atoms with Gasteiger partial charge in [-0.25, -0.2) is 9.78 Å². The number of carbonyl (C=O) groups is 5. The summed E-state index contributed by atoms with van der Waals surface area (Å²) >= 11 is 0. The minimum Gasteiger partial charge on any atom is -0.508 e. The Morgan fingerprint density at radius 3 is 2.28 bits per heavy atom. The number of rotatable bonds is 14. The van der Waals surface area contributed by atoms with Gasteiger partial charge >= 0.3 is 5.97 Å². The lowest BCUT2D eigenvalue weighted by Crippen LogP contribution is -2.54. The minimum absolute atomic E-state index is 0.0504. The van der Waals surface area contributed by atoms with Crippen molar-refractivity contribution in [3.05, 3.63) is 48.0 Å². The molecule has 10 N–H and O–H groups in total. The first-order valence-corrected chi connectivity index (χ1v) is 10.9. The maximum absolute atomic E-state index is 12.6. The highest BCUT2D eigenvalue weighted by Gasteiger charge is 2.26. The van der Waals surface area contributed by atoms with Gasteiger partial charge in [-0.1, -0.05) is 12.1 Å². The molecule has 14 nitrogen and oxygen atoms in total. The SMILES string of the molecule is NC(=O)CCC(NC(=O)C(N)Cc1ccc(O)cc1)C(=O)NCC(=O)NC(Cc1cnc[nH]1)C(=O)O. The fourth-order valence-corrected chi connectivity index (χ4v) is 3.17. The summed E-state index contributed by atoms with van der Waals surface area (Å²) in [6.07, 6.45) is 2.49. The van der Waals surface area contributed by atoms with Crippen LogP contribution < -0.4 is 27.4 Å². The van der Waals surface area contributed by atoms with E-state index in [2.05, 4.69) is 25.9 Å². The number of carbonyl (C=O) groups excluding carboxylic acids is 4. The molecule has 0 saturated carbocycles. The van der Waals surface area contributed by atoms with Crippen molar-refractivity contribution in [3.63, 3.8) is 0 Å². The maximum Gasteiger partial charge on any atom is 0.326 e. The molecular weight excluding hydrogens is 474 g/mol. The Kier molecular flexibility index (Phi) is 10.4. The number of nitrogens with one attached hydrogen (secondary N) is 4. The number of aromatic nitrogens is 2. The molecule has 0 saturated heterocycles. The number of nitrogens with zero attached hydrogens (tertiary/aromatic N) is 1. The number of aliphatic carboxylic acids is 1. The standard InChI is InChI=1S/C22H29N7O7/c23-15(7-12-1-3-14(30)4-2-12)20(33)29-16(5-6-18(24)31)21(34)26-10-19(32)28-17(22(35)36)8-13-9-25-11-27-13/h1-4,9,11,15-17,30H,5-8,10,23H2,(H2,24,31)(H,25,27)(H,26,34)(H,28,32)(H,29,33)(H,35,36). The van der Waals surface area contributed by atoms with Gasteiger partial charge in [-0.05, 0) is 30.5 Å². The summed E-state index contributed by atoms with van der Waals surface area (Å²) in [7, 11) is 0. The highest BCUT2D eigenvalue weighted by molar-refractivity contribution is 5.93. The van der Waals surface area contributed by atoms with Gasteiger partial charge in [0.2, 0.25) is 23.6 Å². The monoisotopic (exact) mass is 503 g/mol. The van der Waals surface area contributed by atoms with Crippen molar-refractivity contribution >= 4 is 29.6 Å². The van der Waals surface area contributed by atoms with Crippen LogP contribution in [0.25, 0.3) is 0 Å². The number of H-pyrrole nitrogens is 1. The van der Waals surface area contributed by atoms with Crippen LogP contribution in [-0.4, -0.2) is 74.4 Å². The van der Waals surface area contributed by atoms with E-state index in [-0.39, 0.29) is 31.4 Å². The number of hydrogen-bond donors (Lipinski definition) is 8. The summed E-state index contributed by atoms with van der Waals surface area (Å²) in [4.78, 5) is 66.6. The van der Waals surface area contributed by atoms with Gasteiger partial charge in [0.05, 0.1) is 18.9 Å². The quantitative estimate of drug-likeness (QED) is 0.137. The first-order chi connectivity index (χ1) is 17.0. The smallest absolute Gasteiger partial charge is 0.326 e. The highest BCUT2D eigenvalue weighted by Crippen LogP contribution is 2.11.